The lowest BCUT2D eigenvalue weighted by Crippen LogP contribution is -2.36. The average molecular weight is 387 g/mol. The largest absolute Gasteiger partial charge is 0.381 e. The first-order valence-corrected chi connectivity index (χ1v) is 10.4. The van der Waals surface area contributed by atoms with Crippen molar-refractivity contribution in [3.63, 3.8) is 0 Å². The van der Waals surface area contributed by atoms with E-state index in [2.05, 4.69) is 26.0 Å². The molecule has 0 bridgehead atoms. The molecular formula is C20H30N6O2. The monoisotopic (exact) mass is 386 g/mol. The van der Waals surface area contributed by atoms with Crippen LogP contribution in [-0.4, -0.2) is 59.6 Å². The minimum absolute atomic E-state index is 0.0632. The number of hydrogen-bond acceptors (Lipinski definition) is 6. The molecule has 2 aliphatic rings. The highest BCUT2D eigenvalue weighted by molar-refractivity contribution is 6.06. The third kappa shape index (κ3) is 4.12. The molecule has 28 heavy (non-hydrogen) atoms. The quantitative estimate of drug-likeness (QED) is 0.701. The van der Waals surface area contributed by atoms with Crippen molar-refractivity contribution in [2.45, 2.75) is 45.2 Å². The molecule has 2 aromatic rings. The Labute approximate surface area is 165 Å². The van der Waals surface area contributed by atoms with Gasteiger partial charge in [0.1, 0.15) is 0 Å². The molecule has 4 rings (SSSR count). The lowest BCUT2D eigenvalue weighted by molar-refractivity contribution is 0.0903. The zero-order chi connectivity index (χ0) is 19.3. The van der Waals surface area contributed by atoms with Gasteiger partial charge in [-0.05, 0) is 51.6 Å². The smallest absolute Gasteiger partial charge is 0.254 e. The van der Waals surface area contributed by atoms with Crippen molar-refractivity contribution in [2.75, 3.05) is 38.2 Å². The number of anilines is 1. The van der Waals surface area contributed by atoms with E-state index in [1.54, 1.807) is 6.20 Å². The summed E-state index contributed by atoms with van der Waals surface area (Å²) in [6, 6.07) is 0.292. The second kappa shape index (κ2) is 8.87. The summed E-state index contributed by atoms with van der Waals surface area (Å²) in [5.74, 6) is 0.475. The lowest BCUT2D eigenvalue weighted by atomic mass is 9.98. The summed E-state index contributed by atoms with van der Waals surface area (Å²) in [6.45, 7) is 7.05. The normalized spacial score (nSPS) is 19.0. The second-order valence-electron chi connectivity index (χ2n) is 7.68. The molecule has 4 heterocycles. The molecule has 1 amide bonds. The molecule has 0 unspecified atom stereocenters. The molecule has 2 aliphatic heterocycles. The maximum absolute atomic E-state index is 13.0. The summed E-state index contributed by atoms with van der Waals surface area (Å²) in [5, 5.41) is 15.4. The summed E-state index contributed by atoms with van der Waals surface area (Å²) >= 11 is 0. The second-order valence-corrected chi connectivity index (χ2v) is 7.68. The van der Waals surface area contributed by atoms with Gasteiger partial charge in [0.05, 0.1) is 22.8 Å². The van der Waals surface area contributed by atoms with E-state index in [4.69, 9.17) is 4.74 Å². The van der Waals surface area contributed by atoms with Crippen LogP contribution in [0.5, 0.6) is 0 Å². The average Bonchev–Trinajstić information content (AvgIpc) is 3.17. The number of piperidine rings is 1. The molecule has 0 saturated carbocycles. The van der Waals surface area contributed by atoms with E-state index in [1.807, 2.05) is 17.8 Å². The molecule has 8 nitrogen and oxygen atoms in total. The minimum atomic E-state index is -0.0632. The molecular weight excluding hydrogens is 356 g/mol. The third-order valence-corrected chi connectivity index (χ3v) is 5.79. The number of pyridine rings is 1. The van der Waals surface area contributed by atoms with Gasteiger partial charge >= 0.3 is 0 Å². The van der Waals surface area contributed by atoms with E-state index < -0.39 is 0 Å². The fourth-order valence-electron chi connectivity index (χ4n) is 4.05. The van der Waals surface area contributed by atoms with Gasteiger partial charge in [-0.15, -0.1) is 0 Å². The van der Waals surface area contributed by atoms with Gasteiger partial charge in [0.25, 0.3) is 5.91 Å². The highest BCUT2D eigenvalue weighted by Crippen LogP contribution is 2.28. The number of aromatic nitrogens is 3. The van der Waals surface area contributed by atoms with E-state index in [1.165, 1.54) is 0 Å². The molecule has 0 atom stereocenters. The van der Waals surface area contributed by atoms with Crippen LogP contribution in [0.25, 0.3) is 11.0 Å². The van der Waals surface area contributed by atoms with Gasteiger partial charge in [0, 0.05) is 38.5 Å². The summed E-state index contributed by atoms with van der Waals surface area (Å²) in [4.78, 5) is 17.6. The maximum atomic E-state index is 13.0. The topological polar surface area (TPSA) is 93.1 Å². The summed E-state index contributed by atoms with van der Waals surface area (Å²) in [6.07, 6.45) is 7.58. The van der Waals surface area contributed by atoms with Crippen LogP contribution in [0.2, 0.25) is 0 Å². The standard InChI is InChI=1S/C20H30N6O2/c1-2-26-19-16(13-24-26)18(25-15-5-9-28-10-6-15)17(12-22-19)20(27)23-11-14-3-7-21-8-4-14/h12-15,21H,2-11H2,1H3,(H,22,25)(H,23,27). The molecule has 0 aromatic carbocycles. The SMILES string of the molecule is CCn1ncc2c(NC3CCOCC3)c(C(=O)NCC3CCNCC3)cnc21. The molecule has 2 fully saturated rings. The zero-order valence-corrected chi connectivity index (χ0v) is 16.5. The fourth-order valence-corrected chi connectivity index (χ4v) is 4.05. The number of amides is 1. The number of fused-ring (bicyclic) bond motifs is 1. The van der Waals surface area contributed by atoms with E-state index in [9.17, 15) is 4.79 Å². The Balaban J connectivity index is 1.58. The number of carbonyl (C=O) groups excluding carboxylic acids is 1. The Hall–Kier alpha value is -2.19. The molecule has 2 saturated heterocycles. The van der Waals surface area contributed by atoms with Crippen LogP contribution in [0, 0.1) is 5.92 Å². The Morgan fingerprint density at radius 3 is 2.79 bits per heavy atom. The molecule has 2 aromatic heterocycles. The van der Waals surface area contributed by atoms with E-state index in [-0.39, 0.29) is 5.91 Å². The lowest BCUT2D eigenvalue weighted by Gasteiger charge is -2.26. The number of nitrogens with one attached hydrogen (secondary N) is 3. The Bertz CT molecular complexity index is 808. The van der Waals surface area contributed by atoms with E-state index in [0.717, 1.165) is 75.3 Å². The van der Waals surface area contributed by atoms with Crippen LogP contribution < -0.4 is 16.0 Å². The number of carbonyl (C=O) groups is 1. The van der Waals surface area contributed by atoms with Crippen LogP contribution in [0.1, 0.15) is 43.0 Å². The Morgan fingerprint density at radius 1 is 1.25 bits per heavy atom. The number of nitrogens with zero attached hydrogens (tertiary/aromatic N) is 3. The van der Waals surface area contributed by atoms with Gasteiger partial charge in [0.15, 0.2) is 5.65 Å². The summed E-state index contributed by atoms with van der Waals surface area (Å²) < 4.78 is 7.34. The first-order valence-electron chi connectivity index (χ1n) is 10.4. The number of hydrogen-bond donors (Lipinski definition) is 3. The van der Waals surface area contributed by atoms with Crippen molar-refractivity contribution in [3.8, 4) is 0 Å². The van der Waals surface area contributed by atoms with Crippen LogP contribution in [0.3, 0.4) is 0 Å². The van der Waals surface area contributed by atoms with Crippen molar-refractivity contribution < 1.29 is 9.53 Å². The highest BCUT2D eigenvalue weighted by atomic mass is 16.5. The summed E-state index contributed by atoms with van der Waals surface area (Å²) in [7, 11) is 0. The van der Waals surface area contributed by atoms with Crippen molar-refractivity contribution >= 4 is 22.6 Å². The van der Waals surface area contributed by atoms with Crippen LogP contribution in [0.4, 0.5) is 5.69 Å². The fraction of sp³-hybridized carbons (Fsp3) is 0.650. The molecule has 0 radical (unpaired) electrons. The van der Waals surface area contributed by atoms with Gasteiger partial charge in [-0.3, -0.25) is 4.79 Å². The van der Waals surface area contributed by atoms with Crippen LogP contribution in [-0.2, 0) is 11.3 Å². The minimum Gasteiger partial charge on any atom is -0.381 e. The molecule has 3 N–H and O–H groups in total. The van der Waals surface area contributed by atoms with E-state index >= 15 is 0 Å². The number of ether oxygens (including phenoxy) is 1. The Morgan fingerprint density at radius 2 is 2.04 bits per heavy atom. The van der Waals surface area contributed by atoms with Crippen molar-refractivity contribution in [1.29, 1.82) is 0 Å². The first kappa shape index (κ1) is 19.1. The van der Waals surface area contributed by atoms with Gasteiger partial charge in [-0.25, -0.2) is 9.67 Å². The van der Waals surface area contributed by atoms with Gasteiger partial charge in [0.2, 0.25) is 0 Å². The van der Waals surface area contributed by atoms with Gasteiger partial charge in [-0.1, -0.05) is 0 Å². The predicted octanol–water partition coefficient (Wildman–Crippen LogP) is 1.77. The number of aryl methyl sites for hydroxylation is 1. The maximum Gasteiger partial charge on any atom is 0.254 e. The number of rotatable bonds is 6. The van der Waals surface area contributed by atoms with Crippen LogP contribution >= 0.6 is 0 Å². The van der Waals surface area contributed by atoms with Crippen molar-refractivity contribution in [3.05, 3.63) is 18.0 Å². The van der Waals surface area contributed by atoms with Gasteiger partial charge in [-0.2, -0.15) is 5.10 Å². The van der Waals surface area contributed by atoms with Crippen molar-refractivity contribution in [1.82, 2.24) is 25.4 Å². The van der Waals surface area contributed by atoms with Gasteiger partial charge < -0.3 is 20.7 Å². The predicted molar refractivity (Wildman–Crippen MR) is 109 cm³/mol. The molecule has 0 aliphatic carbocycles. The first-order chi connectivity index (χ1) is 13.8. The van der Waals surface area contributed by atoms with E-state index in [0.29, 0.717) is 24.1 Å². The third-order valence-electron chi connectivity index (χ3n) is 5.79. The summed E-state index contributed by atoms with van der Waals surface area (Å²) in [5.41, 5.74) is 2.26. The highest BCUT2D eigenvalue weighted by Gasteiger charge is 2.23. The molecule has 8 heteroatoms. The van der Waals surface area contributed by atoms with Crippen molar-refractivity contribution in [2.24, 2.45) is 5.92 Å². The molecule has 0 spiro atoms. The zero-order valence-electron chi connectivity index (χ0n) is 16.5. The Kier molecular flexibility index (Phi) is 6.07. The van der Waals surface area contributed by atoms with Crippen LogP contribution in [0.15, 0.2) is 12.4 Å². The molecule has 152 valence electrons.